The van der Waals surface area contributed by atoms with E-state index in [9.17, 15) is 0 Å². The number of nitrogens with zero attached hydrogens (tertiary/aromatic N) is 2. The van der Waals surface area contributed by atoms with E-state index in [1.807, 2.05) is 0 Å². The van der Waals surface area contributed by atoms with E-state index in [2.05, 4.69) is 36.0 Å². The summed E-state index contributed by atoms with van der Waals surface area (Å²) < 4.78 is 0.490. The molecule has 0 amide bonds. The molecule has 0 radical (unpaired) electrons. The summed E-state index contributed by atoms with van der Waals surface area (Å²) in [5.74, 6) is 1.36. The van der Waals surface area contributed by atoms with Crippen LogP contribution in [0, 0.1) is 4.77 Å². The number of hydrogen-bond acceptors (Lipinski definition) is 4. The molecule has 0 spiro atoms. The summed E-state index contributed by atoms with van der Waals surface area (Å²) in [5, 5.41) is 7.07. The summed E-state index contributed by atoms with van der Waals surface area (Å²) in [6, 6.07) is 0. The summed E-state index contributed by atoms with van der Waals surface area (Å²) in [6.07, 6.45) is 3.17. The largest absolute Gasteiger partial charge is 0.281 e. The van der Waals surface area contributed by atoms with Gasteiger partial charge in [-0.1, -0.05) is 20.8 Å². The molecule has 0 aliphatic carbocycles. The van der Waals surface area contributed by atoms with Gasteiger partial charge in [-0.2, -0.15) is 4.98 Å². The van der Waals surface area contributed by atoms with E-state index in [1.54, 1.807) is 11.3 Å². The van der Waals surface area contributed by atoms with E-state index in [-0.39, 0.29) is 0 Å². The van der Waals surface area contributed by atoms with Crippen molar-refractivity contribution in [3.63, 3.8) is 0 Å². The van der Waals surface area contributed by atoms with E-state index in [0.29, 0.717) is 10.7 Å². The molecule has 0 saturated heterocycles. The zero-order valence-corrected chi connectivity index (χ0v) is 12.5. The van der Waals surface area contributed by atoms with Crippen molar-refractivity contribution in [3.8, 4) is 10.7 Å². The zero-order chi connectivity index (χ0) is 13.1. The van der Waals surface area contributed by atoms with Crippen LogP contribution in [-0.4, -0.2) is 20.2 Å². The minimum atomic E-state index is 0.490. The van der Waals surface area contributed by atoms with Crippen LogP contribution in [0.15, 0.2) is 0 Å². The highest BCUT2D eigenvalue weighted by Gasteiger charge is 2.18. The number of H-pyrrole nitrogens is 2. The van der Waals surface area contributed by atoms with Gasteiger partial charge in [0.15, 0.2) is 5.82 Å². The van der Waals surface area contributed by atoms with Crippen molar-refractivity contribution in [2.24, 2.45) is 0 Å². The molecule has 2 heterocycles. The van der Waals surface area contributed by atoms with Crippen molar-refractivity contribution < 1.29 is 0 Å². The Morgan fingerprint density at radius 2 is 1.89 bits per heavy atom. The fourth-order valence-corrected chi connectivity index (χ4v) is 3.49. The number of thiazole rings is 1. The number of aromatic amines is 2. The van der Waals surface area contributed by atoms with Crippen LogP contribution in [0.5, 0.6) is 0 Å². The Kier molecular flexibility index (Phi) is 4.29. The predicted molar refractivity (Wildman–Crippen MR) is 77.6 cm³/mol. The number of aromatic nitrogens is 4. The molecule has 0 aliphatic heterocycles. The number of nitrogens with one attached hydrogen (secondary N) is 2. The maximum Gasteiger partial charge on any atom is 0.213 e. The first kappa shape index (κ1) is 13.4. The van der Waals surface area contributed by atoms with Crippen molar-refractivity contribution >= 4 is 23.6 Å². The van der Waals surface area contributed by atoms with Gasteiger partial charge >= 0.3 is 0 Å². The smallest absolute Gasteiger partial charge is 0.213 e. The lowest BCUT2D eigenvalue weighted by atomic mass is 10.1. The summed E-state index contributed by atoms with van der Waals surface area (Å²) in [5.41, 5.74) is 1.11. The maximum atomic E-state index is 5.00. The number of aryl methyl sites for hydroxylation is 1. The summed E-state index contributed by atoms with van der Waals surface area (Å²) >= 11 is 6.74. The van der Waals surface area contributed by atoms with E-state index in [4.69, 9.17) is 17.2 Å². The molecule has 0 bridgehead atoms. The first-order valence-corrected chi connectivity index (χ1v) is 7.56. The number of rotatable bonds is 5. The molecule has 0 fully saturated rings. The third-order valence-corrected chi connectivity index (χ3v) is 4.56. The lowest BCUT2D eigenvalue weighted by molar-refractivity contribution is 0.635. The van der Waals surface area contributed by atoms with Crippen LogP contribution in [0.4, 0.5) is 0 Å². The predicted octanol–water partition coefficient (Wildman–Crippen LogP) is 4.06. The Balaban J connectivity index is 2.44. The second-order valence-corrected chi connectivity index (χ2v) is 5.63. The van der Waals surface area contributed by atoms with Crippen LogP contribution in [0.25, 0.3) is 10.7 Å². The summed E-state index contributed by atoms with van der Waals surface area (Å²) in [7, 11) is 0. The highest BCUT2D eigenvalue weighted by molar-refractivity contribution is 7.71. The van der Waals surface area contributed by atoms with E-state index in [1.165, 1.54) is 5.01 Å². The molecule has 2 aromatic heterocycles. The summed E-state index contributed by atoms with van der Waals surface area (Å²) in [4.78, 5) is 10.2. The van der Waals surface area contributed by atoms with Gasteiger partial charge < -0.3 is 0 Å². The standard InChI is InChI=1S/C12H18N4S2/c1-4-7(5-2)11-13-8(6-3)9(18-11)10-14-12(17)16-15-10/h7H,4-6H2,1-3H3,(H2,14,15,16,17). The van der Waals surface area contributed by atoms with Crippen LogP contribution in [0.2, 0.25) is 0 Å². The first-order chi connectivity index (χ1) is 8.69. The third-order valence-electron chi connectivity index (χ3n) is 3.10. The van der Waals surface area contributed by atoms with Crippen LogP contribution in [-0.2, 0) is 6.42 Å². The topological polar surface area (TPSA) is 57.4 Å². The number of hydrogen-bond donors (Lipinski definition) is 2. The van der Waals surface area contributed by atoms with Gasteiger partial charge in [-0.25, -0.2) is 4.98 Å². The van der Waals surface area contributed by atoms with Crippen LogP contribution in [0.1, 0.15) is 50.2 Å². The van der Waals surface area contributed by atoms with E-state index < -0.39 is 0 Å². The third kappa shape index (κ3) is 2.54. The zero-order valence-electron chi connectivity index (χ0n) is 10.9. The minimum absolute atomic E-state index is 0.490. The Morgan fingerprint density at radius 1 is 1.17 bits per heavy atom. The van der Waals surface area contributed by atoms with Gasteiger partial charge in [-0.3, -0.25) is 10.2 Å². The lowest BCUT2D eigenvalue weighted by Gasteiger charge is -2.06. The van der Waals surface area contributed by atoms with Gasteiger partial charge in [-0.15, -0.1) is 11.3 Å². The van der Waals surface area contributed by atoms with Crippen molar-refractivity contribution in [3.05, 3.63) is 15.5 Å². The van der Waals surface area contributed by atoms with E-state index >= 15 is 0 Å². The minimum Gasteiger partial charge on any atom is -0.281 e. The van der Waals surface area contributed by atoms with Crippen molar-refractivity contribution in [1.82, 2.24) is 20.2 Å². The van der Waals surface area contributed by atoms with Gasteiger partial charge in [0.05, 0.1) is 15.6 Å². The van der Waals surface area contributed by atoms with Crippen molar-refractivity contribution in [1.29, 1.82) is 0 Å². The Morgan fingerprint density at radius 3 is 2.39 bits per heavy atom. The van der Waals surface area contributed by atoms with Crippen LogP contribution >= 0.6 is 23.6 Å². The van der Waals surface area contributed by atoms with Gasteiger partial charge in [-0.05, 0) is 31.5 Å². The Labute approximate surface area is 116 Å². The molecule has 18 heavy (non-hydrogen) atoms. The van der Waals surface area contributed by atoms with Gasteiger partial charge in [0.1, 0.15) is 0 Å². The highest BCUT2D eigenvalue weighted by Crippen LogP contribution is 2.34. The molecule has 2 N–H and O–H groups in total. The average Bonchev–Trinajstić information content (AvgIpc) is 2.97. The van der Waals surface area contributed by atoms with Gasteiger partial charge in [0.25, 0.3) is 0 Å². The molecule has 0 aliphatic rings. The quantitative estimate of drug-likeness (QED) is 0.813. The van der Waals surface area contributed by atoms with E-state index in [0.717, 1.165) is 35.7 Å². The first-order valence-electron chi connectivity index (χ1n) is 6.34. The fraction of sp³-hybridized carbons (Fsp3) is 0.583. The molecule has 0 unspecified atom stereocenters. The molecule has 2 rings (SSSR count). The monoisotopic (exact) mass is 282 g/mol. The second kappa shape index (κ2) is 5.75. The van der Waals surface area contributed by atoms with Gasteiger partial charge in [0, 0.05) is 5.92 Å². The molecule has 0 saturated carbocycles. The highest BCUT2D eigenvalue weighted by atomic mass is 32.1. The SMILES string of the molecule is CCc1nc(C(CC)CC)sc1-c1nc(=S)[nH][nH]1. The Bertz CT molecular complexity index is 563. The molecule has 0 aromatic carbocycles. The average molecular weight is 282 g/mol. The molecule has 2 aromatic rings. The van der Waals surface area contributed by atoms with Crippen LogP contribution < -0.4 is 0 Å². The Hall–Kier alpha value is -1.01. The normalized spacial score (nSPS) is 11.3. The molecule has 98 valence electrons. The van der Waals surface area contributed by atoms with Crippen molar-refractivity contribution in [2.75, 3.05) is 0 Å². The second-order valence-electron chi connectivity index (χ2n) is 4.21. The fourth-order valence-electron chi connectivity index (χ4n) is 1.98. The van der Waals surface area contributed by atoms with Crippen LogP contribution in [0.3, 0.4) is 0 Å². The molecule has 4 nitrogen and oxygen atoms in total. The van der Waals surface area contributed by atoms with Crippen molar-refractivity contribution in [2.45, 2.75) is 46.0 Å². The molecular formula is C12H18N4S2. The summed E-state index contributed by atoms with van der Waals surface area (Å²) in [6.45, 7) is 6.54. The maximum absolute atomic E-state index is 5.00. The molecular weight excluding hydrogens is 264 g/mol. The lowest BCUT2D eigenvalue weighted by Crippen LogP contribution is -1.94. The molecule has 6 heteroatoms. The van der Waals surface area contributed by atoms with Gasteiger partial charge in [0.2, 0.25) is 4.77 Å². The molecule has 0 atom stereocenters.